The molecular weight excluding hydrogens is 346 g/mol. The lowest BCUT2D eigenvalue weighted by atomic mass is 9.88. The average molecular weight is 359 g/mol. The Hall–Kier alpha value is -2.60. The second kappa shape index (κ2) is 6.04. The molecule has 4 nitrogen and oxygen atoms in total. The highest BCUT2D eigenvalue weighted by atomic mass is 35.5. The first-order valence-corrected chi connectivity index (χ1v) is 8.12. The number of nitrogens with zero attached hydrogens (tertiary/aromatic N) is 3. The molecule has 2 heterocycles. The van der Waals surface area contributed by atoms with Crippen LogP contribution in [0.4, 0.5) is 14.7 Å². The number of aliphatic imine (C=N–C) groups is 1. The summed E-state index contributed by atoms with van der Waals surface area (Å²) in [5, 5.41) is 0.605. The van der Waals surface area contributed by atoms with Crippen molar-refractivity contribution >= 4 is 28.8 Å². The lowest BCUT2D eigenvalue weighted by Gasteiger charge is -2.19. The monoisotopic (exact) mass is 358 g/mol. The summed E-state index contributed by atoms with van der Waals surface area (Å²) in [7, 11) is 0. The topological polar surface area (TPSA) is 64.2 Å². The van der Waals surface area contributed by atoms with Crippen molar-refractivity contribution in [3.05, 3.63) is 69.5 Å². The first kappa shape index (κ1) is 15.9. The third kappa shape index (κ3) is 2.72. The first-order valence-electron chi connectivity index (χ1n) is 7.75. The van der Waals surface area contributed by atoms with Crippen molar-refractivity contribution < 1.29 is 8.78 Å². The summed E-state index contributed by atoms with van der Waals surface area (Å²) < 4.78 is 28.7. The molecule has 4 rings (SSSR count). The maximum absolute atomic E-state index is 14.4. The van der Waals surface area contributed by atoms with E-state index in [0.29, 0.717) is 29.1 Å². The summed E-state index contributed by atoms with van der Waals surface area (Å²) in [6.45, 7) is 0.206. The highest BCUT2D eigenvalue weighted by Crippen LogP contribution is 2.38. The number of hydrogen-bond donors (Lipinski definition) is 1. The molecule has 0 fully saturated rings. The summed E-state index contributed by atoms with van der Waals surface area (Å²) in [5.41, 5.74) is 8.64. The van der Waals surface area contributed by atoms with Gasteiger partial charge in [0.1, 0.15) is 11.6 Å². The molecule has 2 aromatic rings. The van der Waals surface area contributed by atoms with Gasteiger partial charge in [-0.05, 0) is 36.6 Å². The van der Waals surface area contributed by atoms with Gasteiger partial charge in [0.25, 0.3) is 0 Å². The van der Waals surface area contributed by atoms with Crippen LogP contribution in [0.1, 0.15) is 29.7 Å². The van der Waals surface area contributed by atoms with E-state index in [0.717, 1.165) is 11.1 Å². The fourth-order valence-corrected chi connectivity index (χ4v) is 3.34. The molecule has 25 heavy (non-hydrogen) atoms. The van der Waals surface area contributed by atoms with Crippen molar-refractivity contribution in [1.29, 1.82) is 0 Å². The SMILES string of the molecule is Nc1ncc2c(n1)C1=C(C=C(Cl)CC1)C(c1c(F)cccc1F)=NC2. The maximum Gasteiger partial charge on any atom is 0.220 e. The predicted octanol–water partition coefficient (Wildman–Crippen LogP) is 4.01. The van der Waals surface area contributed by atoms with E-state index in [1.165, 1.54) is 18.2 Å². The van der Waals surface area contributed by atoms with Crippen LogP contribution in [0, 0.1) is 11.6 Å². The maximum atomic E-state index is 14.4. The van der Waals surface area contributed by atoms with Crippen molar-refractivity contribution in [3.63, 3.8) is 0 Å². The zero-order chi connectivity index (χ0) is 17.6. The van der Waals surface area contributed by atoms with Crippen molar-refractivity contribution in [1.82, 2.24) is 9.97 Å². The second-order valence-electron chi connectivity index (χ2n) is 5.85. The van der Waals surface area contributed by atoms with Gasteiger partial charge in [-0.2, -0.15) is 0 Å². The minimum atomic E-state index is -0.669. The van der Waals surface area contributed by atoms with Gasteiger partial charge in [-0.1, -0.05) is 17.7 Å². The number of rotatable bonds is 1. The number of aromatic nitrogens is 2. The molecule has 126 valence electrons. The quantitative estimate of drug-likeness (QED) is 0.837. The second-order valence-corrected chi connectivity index (χ2v) is 6.33. The van der Waals surface area contributed by atoms with Gasteiger partial charge >= 0.3 is 0 Å². The molecule has 0 atom stereocenters. The van der Waals surface area contributed by atoms with Gasteiger partial charge in [0.2, 0.25) is 5.95 Å². The standard InChI is InChI=1S/C18H13ClF2N4/c19-10-4-5-11-12(6-10)17(15-13(20)2-1-3-14(15)21)23-7-9-8-24-18(22)25-16(9)11/h1-3,6,8H,4-5,7H2,(H2,22,24,25). The van der Waals surface area contributed by atoms with Crippen LogP contribution in [0.25, 0.3) is 5.57 Å². The lowest BCUT2D eigenvalue weighted by Crippen LogP contribution is -2.13. The molecule has 0 saturated carbocycles. The van der Waals surface area contributed by atoms with E-state index in [4.69, 9.17) is 17.3 Å². The molecule has 1 aromatic heterocycles. The molecule has 1 aromatic carbocycles. The number of nitrogens with two attached hydrogens (primary N) is 1. The van der Waals surface area contributed by atoms with Crippen LogP contribution in [0.2, 0.25) is 0 Å². The van der Waals surface area contributed by atoms with E-state index in [2.05, 4.69) is 15.0 Å². The molecule has 0 spiro atoms. The normalized spacial score (nSPS) is 16.6. The van der Waals surface area contributed by atoms with Crippen LogP contribution >= 0.6 is 11.6 Å². The Kier molecular flexibility index (Phi) is 3.84. The van der Waals surface area contributed by atoms with E-state index < -0.39 is 11.6 Å². The predicted molar refractivity (Wildman–Crippen MR) is 93.1 cm³/mol. The van der Waals surface area contributed by atoms with Gasteiger partial charge < -0.3 is 5.73 Å². The van der Waals surface area contributed by atoms with Crippen LogP contribution in [-0.4, -0.2) is 15.7 Å². The van der Waals surface area contributed by atoms with E-state index in [-0.39, 0.29) is 23.8 Å². The number of halogens is 3. The van der Waals surface area contributed by atoms with Crippen LogP contribution in [0.15, 0.2) is 46.1 Å². The molecular formula is C18H13ClF2N4. The van der Waals surface area contributed by atoms with Gasteiger partial charge in [0, 0.05) is 22.4 Å². The Balaban J connectivity index is 2.01. The largest absolute Gasteiger partial charge is 0.368 e. The van der Waals surface area contributed by atoms with Crippen LogP contribution in [-0.2, 0) is 6.54 Å². The molecule has 0 radical (unpaired) electrons. The van der Waals surface area contributed by atoms with Crippen molar-refractivity contribution in [2.24, 2.45) is 4.99 Å². The molecule has 0 saturated heterocycles. The number of anilines is 1. The minimum Gasteiger partial charge on any atom is -0.368 e. The highest BCUT2D eigenvalue weighted by molar-refractivity contribution is 6.31. The zero-order valence-electron chi connectivity index (χ0n) is 13.1. The smallest absolute Gasteiger partial charge is 0.220 e. The van der Waals surface area contributed by atoms with E-state index >= 15 is 0 Å². The number of allylic oxidation sites excluding steroid dienone is 4. The average Bonchev–Trinajstić information content (AvgIpc) is 2.72. The number of fused-ring (bicyclic) bond motifs is 2. The van der Waals surface area contributed by atoms with Gasteiger partial charge in [-0.3, -0.25) is 4.99 Å². The minimum absolute atomic E-state index is 0.145. The number of benzene rings is 1. The van der Waals surface area contributed by atoms with Crippen LogP contribution in [0.3, 0.4) is 0 Å². The summed E-state index contributed by atoms with van der Waals surface area (Å²) in [6.07, 6.45) is 4.52. The van der Waals surface area contributed by atoms with Crippen LogP contribution in [0.5, 0.6) is 0 Å². The van der Waals surface area contributed by atoms with Crippen molar-refractivity contribution in [3.8, 4) is 0 Å². The van der Waals surface area contributed by atoms with E-state index in [9.17, 15) is 8.78 Å². The summed E-state index contributed by atoms with van der Waals surface area (Å²) in [6, 6.07) is 3.75. The Morgan fingerprint density at radius 3 is 2.64 bits per heavy atom. The number of hydrogen-bond acceptors (Lipinski definition) is 4. The first-order chi connectivity index (χ1) is 12.0. The van der Waals surface area contributed by atoms with E-state index in [1.807, 2.05) is 0 Å². The molecule has 0 bridgehead atoms. The Labute approximate surface area is 147 Å². The number of nitrogen functional groups attached to an aromatic ring is 1. The molecule has 7 heteroatoms. The summed E-state index contributed by atoms with van der Waals surface area (Å²) in [4.78, 5) is 12.8. The van der Waals surface area contributed by atoms with Gasteiger partial charge in [0.05, 0.1) is 23.5 Å². The molecule has 1 aliphatic heterocycles. The van der Waals surface area contributed by atoms with Crippen LogP contribution < -0.4 is 5.73 Å². The Bertz CT molecular complexity index is 959. The zero-order valence-corrected chi connectivity index (χ0v) is 13.8. The fraction of sp³-hybridized carbons (Fsp3) is 0.167. The van der Waals surface area contributed by atoms with Crippen molar-refractivity contribution in [2.45, 2.75) is 19.4 Å². The van der Waals surface area contributed by atoms with Gasteiger partial charge in [-0.25, -0.2) is 18.7 Å². The Morgan fingerprint density at radius 1 is 1.12 bits per heavy atom. The van der Waals surface area contributed by atoms with Gasteiger partial charge in [0.15, 0.2) is 0 Å². The molecule has 2 N–H and O–H groups in total. The molecule has 2 aliphatic rings. The van der Waals surface area contributed by atoms with Crippen molar-refractivity contribution in [2.75, 3.05) is 5.73 Å². The summed E-state index contributed by atoms with van der Waals surface area (Å²) >= 11 is 6.21. The summed E-state index contributed by atoms with van der Waals surface area (Å²) in [5.74, 6) is -1.19. The van der Waals surface area contributed by atoms with Gasteiger partial charge in [-0.15, -0.1) is 0 Å². The molecule has 0 amide bonds. The highest BCUT2D eigenvalue weighted by Gasteiger charge is 2.28. The van der Waals surface area contributed by atoms with E-state index in [1.54, 1.807) is 12.3 Å². The third-order valence-electron chi connectivity index (χ3n) is 4.27. The fourth-order valence-electron chi connectivity index (χ4n) is 3.14. The Morgan fingerprint density at radius 2 is 1.88 bits per heavy atom. The molecule has 0 unspecified atom stereocenters. The third-order valence-corrected chi connectivity index (χ3v) is 4.57. The molecule has 1 aliphatic carbocycles. The lowest BCUT2D eigenvalue weighted by molar-refractivity contribution is 0.579.